The van der Waals surface area contributed by atoms with Crippen LogP contribution >= 0.6 is 0 Å². The Balaban J connectivity index is 1.80. The predicted octanol–water partition coefficient (Wildman–Crippen LogP) is 5.14. The van der Waals surface area contributed by atoms with Crippen LogP contribution in [0.2, 0.25) is 0 Å². The molecule has 0 aliphatic heterocycles. The first-order valence-electron chi connectivity index (χ1n) is 7.67. The van der Waals surface area contributed by atoms with Gasteiger partial charge in [-0.2, -0.15) is 0 Å². The van der Waals surface area contributed by atoms with Crippen LogP contribution in [0.1, 0.15) is 51.9 Å². The van der Waals surface area contributed by atoms with Gasteiger partial charge in [0.15, 0.2) is 0 Å². The summed E-state index contributed by atoms with van der Waals surface area (Å²) in [5, 5.41) is 0. The average molecular weight is 272 g/mol. The Bertz CT molecular complexity index is 374. The number of rotatable bonds is 1. The highest BCUT2D eigenvalue weighted by atomic mass is 19.3. The molecule has 0 spiro atoms. The van der Waals surface area contributed by atoms with E-state index in [9.17, 15) is 13.2 Å². The summed E-state index contributed by atoms with van der Waals surface area (Å²) in [6.07, 6.45) is 5.88. The van der Waals surface area contributed by atoms with Gasteiger partial charge in [-0.15, -0.1) is 0 Å². The highest BCUT2D eigenvalue weighted by molar-refractivity contribution is 5.09. The van der Waals surface area contributed by atoms with E-state index in [-0.39, 0.29) is 11.8 Å². The monoisotopic (exact) mass is 272 g/mol. The molecule has 0 aromatic carbocycles. The second-order valence-corrected chi connectivity index (χ2v) is 6.83. The molecule has 2 saturated carbocycles. The molecule has 0 saturated heterocycles. The van der Waals surface area contributed by atoms with Gasteiger partial charge in [-0.1, -0.05) is 18.1 Å². The molecule has 2 fully saturated rings. The van der Waals surface area contributed by atoms with Crippen molar-refractivity contribution in [3.05, 3.63) is 11.6 Å². The molecule has 19 heavy (non-hydrogen) atoms. The van der Waals surface area contributed by atoms with Crippen molar-refractivity contribution in [2.45, 2.75) is 64.0 Å². The molecular weight excluding hydrogens is 249 g/mol. The maximum absolute atomic E-state index is 14.6. The summed E-state index contributed by atoms with van der Waals surface area (Å²) in [7, 11) is 0. The first-order chi connectivity index (χ1) is 9.00. The van der Waals surface area contributed by atoms with Crippen molar-refractivity contribution in [2.75, 3.05) is 0 Å². The van der Waals surface area contributed by atoms with Crippen molar-refractivity contribution in [2.24, 2.45) is 23.7 Å². The molecule has 3 aliphatic rings. The van der Waals surface area contributed by atoms with E-state index < -0.39 is 23.9 Å². The summed E-state index contributed by atoms with van der Waals surface area (Å²) in [5.74, 6) is -4.36. The lowest BCUT2D eigenvalue weighted by Crippen LogP contribution is -2.41. The first-order valence-corrected chi connectivity index (χ1v) is 7.67. The number of fused-ring (bicyclic) bond motifs is 1. The summed E-state index contributed by atoms with van der Waals surface area (Å²) in [6.45, 7) is 2.07. The molecule has 0 aromatic rings. The quantitative estimate of drug-likeness (QED) is 0.580. The zero-order valence-corrected chi connectivity index (χ0v) is 11.5. The van der Waals surface area contributed by atoms with Crippen molar-refractivity contribution in [1.82, 2.24) is 0 Å². The van der Waals surface area contributed by atoms with E-state index in [4.69, 9.17) is 0 Å². The molecule has 0 aromatic heterocycles. The molecule has 0 nitrogen and oxygen atoms in total. The highest BCUT2D eigenvalue weighted by Gasteiger charge is 2.62. The fourth-order valence-electron chi connectivity index (χ4n) is 4.64. The molecule has 0 heterocycles. The van der Waals surface area contributed by atoms with Crippen molar-refractivity contribution in [3.63, 3.8) is 0 Å². The molecular formula is C16H23F3. The minimum absolute atomic E-state index is 0.0662. The molecule has 0 N–H and O–H groups in total. The van der Waals surface area contributed by atoms with Crippen molar-refractivity contribution in [3.8, 4) is 0 Å². The van der Waals surface area contributed by atoms with Crippen LogP contribution in [-0.4, -0.2) is 12.1 Å². The zero-order valence-electron chi connectivity index (χ0n) is 11.5. The lowest BCUT2D eigenvalue weighted by molar-refractivity contribution is -0.125. The van der Waals surface area contributed by atoms with Crippen molar-refractivity contribution < 1.29 is 13.2 Å². The van der Waals surface area contributed by atoms with Gasteiger partial charge in [0, 0.05) is 5.92 Å². The summed E-state index contributed by atoms with van der Waals surface area (Å²) in [6, 6.07) is 0. The summed E-state index contributed by atoms with van der Waals surface area (Å²) in [5.41, 5.74) is 1.32. The fraction of sp³-hybridized carbons (Fsp3) is 0.875. The normalized spacial score (nSPS) is 45.7. The Hall–Kier alpha value is -0.470. The molecule has 3 rings (SSSR count). The van der Waals surface area contributed by atoms with E-state index in [1.807, 2.05) is 0 Å². The van der Waals surface area contributed by atoms with Crippen LogP contribution in [0, 0.1) is 23.7 Å². The second kappa shape index (κ2) is 4.82. The molecule has 5 atom stereocenters. The maximum Gasteiger partial charge on any atom is 0.257 e. The second-order valence-electron chi connectivity index (χ2n) is 6.83. The third-order valence-corrected chi connectivity index (χ3v) is 5.70. The number of alkyl halides is 3. The van der Waals surface area contributed by atoms with Gasteiger partial charge in [0.05, 0.1) is 5.92 Å². The Labute approximate surface area is 113 Å². The Kier molecular flexibility index (Phi) is 3.43. The van der Waals surface area contributed by atoms with Gasteiger partial charge >= 0.3 is 0 Å². The highest BCUT2D eigenvalue weighted by Crippen LogP contribution is 2.58. The van der Waals surface area contributed by atoms with Gasteiger partial charge in [0.1, 0.15) is 6.17 Å². The molecule has 5 unspecified atom stereocenters. The fourth-order valence-corrected chi connectivity index (χ4v) is 4.64. The molecule has 108 valence electrons. The lowest BCUT2D eigenvalue weighted by Gasteiger charge is -2.35. The van der Waals surface area contributed by atoms with Crippen LogP contribution in [0.25, 0.3) is 0 Å². The van der Waals surface area contributed by atoms with E-state index >= 15 is 0 Å². The Morgan fingerprint density at radius 2 is 1.95 bits per heavy atom. The van der Waals surface area contributed by atoms with Crippen LogP contribution in [-0.2, 0) is 0 Å². The Morgan fingerprint density at radius 3 is 2.58 bits per heavy atom. The number of allylic oxidation sites excluding steroid dienone is 2. The number of hydrogen-bond donors (Lipinski definition) is 0. The van der Waals surface area contributed by atoms with E-state index in [0.29, 0.717) is 12.8 Å². The van der Waals surface area contributed by atoms with Gasteiger partial charge < -0.3 is 0 Å². The number of hydrogen-bond acceptors (Lipinski definition) is 0. The minimum atomic E-state index is -2.78. The first kappa shape index (κ1) is 13.5. The Morgan fingerprint density at radius 1 is 1.16 bits per heavy atom. The SMILES string of the molecule is CC1=CCC(C2CC3CCCC(F)C3C2(F)F)CC1. The average Bonchev–Trinajstić information content (AvgIpc) is 2.63. The third kappa shape index (κ3) is 2.23. The standard InChI is InChI=1S/C16H23F3/c1-10-5-7-11(8-6-10)13-9-12-3-2-4-14(17)15(12)16(13,18)19/h5,11-15H,2-4,6-9H2,1H3. The van der Waals surface area contributed by atoms with E-state index in [0.717, 1.165) is 32.1 Å². The van der Waals surface area contributed by atoms with E-state index in [1.54, 1.807) is 0 Å². The van der Waals surface area contributed by atoms with Crippen LogP contribution in [0.5, 0.6) is 0 Å². The van der Waals surface area contributed by atoms with Crippen LogP contribution in [0.3, 0.4) is 0 Å². The molecule has 3 heteroatoms. The smallest absolute Gasteiger partial charge is 0.247 e. The maximum atomic E-state index is 14.6. The van der Waals surface area contributed by atoms with Crippen molar-refractivity contribution in [1.29, 1.82) is 0 Å². The molecule has 0 radical (unpaired) electrons. The predicted molar refractivity (Wildman–Crippen MR) is 69.9 cm³/mol. The summed E-state index contributed by atoms with van der Waals surface area (Å²) in [4.78, 5) is 0. The van der Waals surface area contributed by atoms with Gasteiger partial charge in [0.2, 0.25) is 0 Å². The summed E-state index contributed by atoms with van der Waals surface area (Å²) < 4.78 is 43.2. The topological polar surface area (TPSA) is 0 Å². The van der Waals surface area contributed by atoms with Crippen LogP contribution in [0.15, 0.2) is 11.6 Å². The van der Waals surface area contributed by atoms with Gasteiger partial charge in [0.25, 0.3) is 5.92 Å². The number of halogens is 3. The third-order valence-electron chi connectivity index (χ3n) is 5.70. The molecule has 3 aliphatic carbocycles. The van der Waals surface area contributed by atoms with Gasteiger partial charge in [-0.25, -0.2) is 13.2 Å². The summed E-state index contributed by atoms with van der Waals surface area (Å²) >= 11 is 0. The van der Waals surface area contributed by atoms with Gasteiger partial charge in [-0.05, 0) is 57.3 Å². The zero-order chi connectivity index (χ0) is 13.6. The molecule has 0 amide bonds. The van der Waals surface area contributed by atoms with Crippen molar-refractivity contribution >= 4 is 0 Å². The lowest BCUT2D eigenvalue weighted by atomic mass is 9.77. The molecule has 0 bridgehead atoms. The van der Waals surface area contributed by atoms with E-state index in [1.165, 1.54) is 5.57 Å². The van der Waals surface area contributed by atoms with Crippen LogP contribution < -0.4 is 0 Å². The van der Waals surface area contributed by atoms with E-state index in [2.05, 4.69) is 13.0 Å². The van der Waals surface area contributed by atoms with Crippen LogP contribution in [0.4, 0.5) is 13.2 Å². The van der Waals surface area contributed by atoms with Gasteiger partial charge in [-0.3, -0.25) is 0 Å². The minimum Gasteiger partial charge on any atom is -0.247 e. The largest absolute Gasteiger partial charge is 0.257 e.